The van der Waals surface area contributed by atoms with E-state index in [9.17, 15) is 0 Å². The van der Waals surface area contributed by atoms with Gasteiger partial charge in [-0.1, -0.05) is 200 Å². The van der Waals surface area contributed by atoms with Gasteiger partial charge in [0.25, 0.3) is 0 Å². The second-order valence-corrected chi connectivity index (χ2v) is 19.2. The van der Waals surface area contributed by atoms with E-state index in [0.717, 1.165) is 88.4 Å². The number of furan rings is 1. The van der Waals surface area contributed by atoms with Crippen LogP contribution in [0.1, 0.15) is 0 Å². The van der Waals surface area contributed by atoms with Gasteiger partial charge in [0.05, 0.1) is 16.7 Å². The van der Waals surface area contributed by atoms with Crippen LogP contribution in [0.5, 0.6) is 0 Å². The van der Waals surface area contributed by atoms with E-state index in [-0.39, 0.29) is 0 Å². The third-order valence-corrected chi connectivity index (χ3v) is 14.8. The first-order chi connectivity index (χ1) is 36.6. The summed E-state index contributed by atoms with van der Waals surface area (Å²) in [5.74, 6) is 1.78. The highest BCUT2D eigenvalue weighted by Gasteiger charge is 2.23. The summed E-state index contributed by atoms with van der Waals surface area (Å²) in [4.78, 5) is 15.7. The van der Waals surface area contributed by atoms with Crippen molar-refractivity contribution in [2.24, 2.45) is 0 Å². The van der Waals surface area contributed by atoms with Gasteiger partial charge in [0.2, 0.25) is 0 Å². The van der Waals surface area contributed by atoms with E-state index >= 15 is 0 Å². The van der Waals surface area contributed by atoms with Gasteiger partial charge in [-0.2, -0.15) is 0 Å². The van der Waals surface area contributed by atoms with Crippen LogP contribution in [0.3, 0.4) is 0 Å². The monoisotopic (exact) mass is 942 g/mol. The molecule has 15 rings (SSSR count). The van der Waals surface area contributed by atoms with Crippen LogP contribution in [0.25, 0.3) is 149 Å². The normalized spacial score (nSPS) is 11.8. The van der Waals surface area contributed by atoms with Crippen molar-refractivity contribution >= 4 is 76.1 Å². The highest BCUT2D eigenvalue weighted by atomic mass is 16.3. The number of hydrogen-bond donors (Lipinski definition) is 0. The van der Waals surface area contributed by atoms with Gasteiger partial charge < -0.3 is 8.98 Å². The highest BCUT2D eigenvalue weighted by Crippen LogP contribution is 2.45. The SMILES string of the molecule is c1ccc(-c2cccc(-c3ccc(-c4cc5c(cc4-n4c6cc7ccccc7cc6c6cc7ccccc7cc64)oc4cccc(-c6nc(-c7ccccc7)nc(-c7ccc8ccccc8c7)n6)c45)cc3)c2)cc1. The first kappa shape index (κ1) is 41.8. The molecule has 3 heterocycles. The van der Waals surface area contributed by atoms with Crippen molar-refractivity contribution in [3.63, 3.8) is 0 Å². The molecule has 0 aliphatic rings. The first-order valence-electron chi connectivity index (χ1n) is 25.1. The minimum atomic E-state index is 0.573. The maximum Gasteiger partial charge on any atom is 0.164 e. The molecule has 15 aromatic rings. The summed E-state index contributed by atoms with van der Waals surface area (Å²) in [5, 5.41) is 11.4. The van der Waals surface area contributed by atoms with Crippen LogP contribution in [-0.2, 0) is 0 Å². The zero-order valence-electron chi connectivity index (χ0n) is 39.9. The molecular weight excluding hydrogens is 901 g/mol. The fourth-order valence-electron chi connectivity index (χ4n) is 11.1. The Morgan fingerprint density at radius 1 is 0.270 bits per heavy atom. The van der Waals surface area contributed by atoms with Crippen LogP contribution in [0.2, 0.25) is 0 Å². The zero-order valence-corrected chi connectivity index (χ0v) is 39.9. The molecule has 12 aromatic carbocycles. The number of benzene rings is 12. The molecule has 3 aromatic heterocycles. The fraction of sp³-hybridized carbons (Fsp3) is 0. The minimum absolute atomic E-state index is 0.573. The molecule has 0 saturated carbocycles. The Morgan fingerprint density at radius 3 is 1.41 bits per heavy atom. The lowest BCUT2D eigenvalue weighted by molar-refractivity contribution is 0.668. The van der Waals surface area contributed by atoms with Gasteiger partial charge in [0, 0.05) is 49.9 Å². The molecule has 5 nitrogen and oxygen atoms in total. The number of hydrogen-bond acceptors (Lipinski definition) is 4. The lowest BCUT2D eigenvalue weighted by Crippen LogP contribution is -2.00. The van der Waals surface area contributed by atoms with Crippen LogP contribution < -0.4 is 0 Å². The second-order valence-electron chi connectivity index (χ2n) is 19.2. The quantitative estimate of drug-likeness (QED) is 0.160. The Hall–Kier alpha value is -9.97. The van der Waals surface area contributed by atoms with Crippen LogP contribution in [0, 0.1) is 0 Å². The molecule has 0 aliphatic carbocycles. The van der Waals surface area contributed by atoms with Gasteiger partial charge >= 0.3 is 0 Å². The summed E-state index contributed by atoms with van der Waals surface area (Å²) in [6.07, 6.45) is 0. The molecule has 344 valence electrons. The molecule has 0 amide bonds. The third kappa shape index (κ3) is 6.97. The van der Waals surface area contributed by atoms with Gasteiger partial charge in [-0.25, -0.2) is 15.0 Å². The molecule has 0 unspecified atom stereocenters. The van der Waals surface area contributed by atoms with Crippen molar-refractivity contribution in [3.05, 3.63) is 255 Å². The Labute approximate surface area is 425 Å². The molecular formula is C69H42N4O. The van der Waals surface area contributed by atoms with E-state index in [0.29, 0.717) is 17.5 Å². The van der Waals surface area contributed by atoms with Gasteiger partial charge in [0.15, 0.2) is 17.5 Å². The predicted molar refractivity (Wildman–Crippen MR) is 307 cm³/mol. The van der Waals surface area contributed by atoms with E-state index in [1.807, 2.05) is 24.3 Å². The summed E-state index contributed by atoms with van der Waals surface area (Å²) in [5.41, 5.74) is 14.3. The molecule has 5 heteroatoms. The number of fused-ring (bicyclic) bond motifs is 9. The molecule has 0 fully saturated rings. The maximum absolute atomic E-state index is 7.03. The van der Waals surface area contributed by atoms with Crippen molar-refractivity contribution in [2.45, 2.75) is 0 Å². The lowest BCUT2D eigenvalue weighted by atomic mass is 9.95. The molecule has 0 aliphatic heterocycles. The maximum atomic E-state index is 7.03. The van der Waals surface area contributed by atoms with Crippen molar-refractivity contribution in [2.75, 3.05) is 0 Å². The van der Waals surface area contributed by atoms with Crippen molar-refractivity contribution in [1.82, 2.24) is 19.5 Å². The fourth-order valence-corrected chi connectivity index (χ4v) is 11.1. The Balaban J connectivity index is 0.986. The van der Waals surface area contributed by atoms with Gasteiger partial charge in [-0.05, 0) is 109 Å². The van der Waals surface area contributed by atoms with E-state index in [2.05, 4.69) is 235 Å². The van der Waals surface area contributed by atoms with E-state index in [4.69, 9.17) is 19.4 Å². The Kier molecular flexibility index (Phi) is 9.50. The van der Waals surface area contributed by atoms with Gasteiger partial charge in [0.1, 0.15) is 11.2 Å². The topological polar surface area (TPSA) is 56.7 Å². The number of aromatic nitrogens is 4. The van der Waals surface area contributed by atoms with Gasteiger partial charge in [-0.3, -0.25) is 0 Å². The molecule has 74 heavy (non-hydrogen) atoms. The first-order valence-corrected chi connectivity index (χ1v) is 25.1. The van der Waals surface area contributed by atoms with E-state index in [1.54, 1.807) is 0 Å². The average Bonchev–Trinajstić information content (AvgIpc) is 4.03. The van der Waals surface area contributed by atoms with Crippen LogP contribution >= 0.6 is 0 Å². The summed E-state index contributed by atoms with van der Waals surface area (Å²) in [6, 6.07) is 90.9. The predicted octanol–water partition coefficient (Wildman–Crippen LogP) is 18.3. The van der Waals surface area contributed by atoms with E-state index < -0.39 is 0 Å². The molecule has 0 spiro atoms. The average molecular weight is 943 g/mol. The number of nitrogens with zero attached hydrogens (tertiary/aromatic N) is 4. The summed E-state index contributed by atoms with van der Waals surface area (Å²) in [6.45, 7) is 0. The second kappa shape index (κ2) is 16.8. The third-order valence-electron chi connectivity index (χ3n) is 14.8. The Morgan fingerprint density at radius 2 is 0.757 bits per heavy atom. The van der Waals surface area contributed by atoms with Crippen LogP contribution in [0.15, 0.2) is 259 Å². The zero-order chi connectivity index (χ0) is 48.7. The molecule has 0 bridgehead atoms. The van der Waals surface area contributed by atoms with Gasteiger partial charge in [-0.15, -0.1) is 0 Å². The lowest BCUT2D eigenvalue weighted by Gasteiger charge is -2.16. The molecule has 0 saturated heterocycles. The summed E-state index contributed by atoms with van der Waals surface area (Å²) in [7, 11) is 0. The minimum Gasteiger partial charge on any atom is -0.456 e. The number of rotatable bonds is 7. The molecule has 0 radical (unpaired) electrons. The van der Waals surface area contributed by atoms with Crippen LogP contribution in [-0.4, -0.2) is 19.5 Å². The molecule has 0 N–H and O–H groups in total. The van der Waals surface area contributed by atoms with Crippen molar-refractivity contribution in [3.8, 4) is 73.2 Å². The standard InChI is InChI=1S/C69H42N4O/c1-3-15-43(16-4-1)49-25-13-26-50(35-49)45-29-32-46(33-30-45)57-41-60-65(42-63(57)73-61-39-53-23-11-9-21-51(53)37-58(61)59-38-52-22-10-12-24-54(52)40-62(59)73)74-64-28-14-27-56(66(60)64)69-71-67(47-18-5-2-6-19-47)70-68(72-69)55-34-31-44-17-7-8-20-48(44)36-55/h1-42H. The molecule has 0 atom stereocenters. The highest BCUT2D eigenvalue weighted by molar-refractivity contribution is 6.18. The summed E-state index contributed by atoms with van der Waals surface area (Å²) >= 11 is 0. The van der Waals surface area contributed by atoms with Crippen LogP contribution in [0.4, 0.5) is 0 Å². The van der Waals surface area contributed by atoms with Crippen molar-refractivity contribution in [1.29, 1.82) is 0 Å². The Bertz CT molecular complexity index is 4610. The smallest absolute Gasteiger partial charge is 0.164 e. The van der Waals surface area contributed by atoms with E-state index in [1.165, 1.54) is 43.4 Å². The van der Waals surface area contributed by atoms with Crippen molar-refractivity contribution < 1.29 is 4.42 Å². The summed E-state index contributed by atoms with van der Waals surface area (Å²) < 4.78 is 9.48. The largest absolute Gasteiger partial charge is 0.456 e.